The predicted octanol–water partition coefficient (Wildman–Crippen LogP) is 4.65. The molecule has 1 saturated heterocycles. The van der Waals surface area contributed by atoms with Gasteiger partial charge in [-0.3, -0.25) is 9.69 Å². The van der Waals surface area contributed by atoms with E-state index in [9.17, 15) is 9.90 Å². The molecule has 2 aromatic carbocycles. The minimum Gasteiger partial charge on any atom is -0.508 e. The summed E-state index contributed by atoms with van der Waals surface area (Å²) in [7, 11) is 0. The first kappa shape index (κ1) is 20.2. The van der Waals surface area contributed by atoms with Crippen molar-refractivity contribution < 1.29 is 9.90 Å². The Morgan fingerprint density at radius 2 is 1.59 bits per heavy atom. The molecule has 5 heteroatoms. The fraction of sp³-hybridized carbons (Fsp3) is 0.458. The number of hydrogen-bond acceptors (Lipinski definition) is 3. The van der Waals surface area contributed by atoms with Gasteiger partial charge in [0.05, 0.1) is 5.92 Å². The highest BCUT2D eigenvalue weighted by Gasteiger charge is 2.32. The zero-order valence-electron chi connectivity index (χ0n) is 16.8. The van der Waals surface area contributed by atoms with Crippen LogP contribution in [0.15, 0.2) is 48.5 Å². The summed E-state index contributed by atoms with van der Waals surface area (Å²) in [5.41, 5.74) is 1.68. The second-order valence-corrected chi connectivity index (χ2v) is 8.61. The Kier molecular flexibility index (Phi) is 6.41. The molecule has 0 radical (unpaired) electrons. The Bertz CT molecular complexity index is 825. The number of nitrogens with zero attached hydrogens (tertiary/aromatic N) is 2. The molecule has 1 amide bonds. The van der Waals surface area contributed by atoms with Crippen LogP contribution < -0.4 is 0 Å². The smallest absolute Gasteiger partial charge is 0.234 e. The maximum atomic E-state index is 13.6. The highest BCUT2D eigenvalue weighted by Crippen LogP contribution is 2.33. The van der Waals surface area contributed by atoms with Gasteiger partial charge in [0.15, 0.2) is 0 Å². The number of phenolic OH excluding ortho intramolecular Hbond substituents is 1. The van der Waals surface area contributed by atoms with Crippen LogP contribution in [0.4, 0.5) is 0 Å². The number of amides is 1. The quantitative estimate of drug-likeness (QED) is 0.794. The average Bonchev–Trinajstić information content (AvgIpc) is 2.77. The predicted molar refractivity (Wildman–Crippen MR) is 116 cm³/mol. The summed E-state index contributed by atoms with van der Waals surface area (Å²) in [4.78, 5) is 18.2. The zero-order chi connectivity index (χ0) is 20.2. The van der Waals surface area contributed by atoms with Crippen LogP contribution in [0.1, 0.15) is 49.1 Å². The third-order valence-corrected chi connectivity index (χ3v) is 6.75. The molecular weight excluding hydrogens is 384 g/mol. The largest absolute Gasteiger partial charge is 0.508 e. The van der Waals surface area contributed by atoms with Crippen LogP contribution in [-0.2, 0) is 4.79 Å². The third kappa shape index (κ3) is 4.59. The van der Waals surface area contributed by atoms with Crippen molar-refractivity contribution in [3.8, 4) is 5.75 Å². The van der Waals surface area contributed by atoms with Crippen molar-refractivity contribution in [3.63, 3.8) is 0 Å². The van der Waals surface area contributed by atoms with Crippen molar-refractivity contribution in [1.29, 1.82) is 0 Å². The summed E-state index contributed by atoms with van der Waals surface area (Å²) < 4.78 is 0. The van der Waals surface area contributed by atoms with Gasteiger partial charge in [-0.2, -0.15) is 0 Å². The zero-order valence-corrected chi connectivity index (χ0v) is 17.5. The first-order valence-corrected chi connectivity index (χ1v) is 11.1. The summed E-state index contributed by atoms with van der Waals surface area (Å²) in [6, 6.07) is 15.2. The van der Waals surface area contributed by atoms with Crippen LogP contribution in [0.25, 0.3) is 0 Å². The lowest BCUT2D eigenvalue weighted by Gasteiger charge is -2.41. The lowest BCUT2D eigenvalue weighted by Crippen LogP contribution is -2.53. The van der Waals surface area contributed by atoms with Crippen molar-refractivity contribution >= 4 is 17.5 Å². The second-order valence-electron chi connectivity index (χ2n) is 8.20. The molecular formula is C24H29ClN2O2. The number of piperazine rings is 1. The minimum atomic E-state index is -0.453. The first-order valence-electron chi connectivity index (χ1n) is 10.7. The van der Waals surface area contributed by atoms with Crippen molar-refractivity contribution in [3.05, 3.63) is 64.7 Å². The Morgan fingerprint density at radius 1 is 0.931 bits per heavy atom. The molecule has 29 heavy (non-hydrogen) atoms. The highest BCUT2D eigenvalue weighted by molar-refractivity contribution is 6.31. The van der Waals surface area contributed by atoms with E-state index in [4.69, 9.17) is 11.6 Å². The summed E-state index contributed by atoms with van der Waals surface area (Å²) >= 11 is 6.48. The molecule has 154 valence electrons. The van der Waals surface area contributed by atoms with Gasteiger partial charge in [-0.1, -0.05) is 61.2 Å². The number of carbonyl (C=O) groups is 1. The number of halogens is 1. The molecule has 1 aliphatic carbocycles. The molecule has 1 saturated carbocycles. The molecule has 2 fully saturated rings. The SMILES string of the molecule is O=C(C(c1ccc(O)cc1)c1ccccc1Cl)N1CCN(C2CCCCC2)CC1. The number of phenols is 1. The van der Waals surface area contributed by atoms with Crippen LogP contribution in [-0.4, -0.2) is 53.0 Å². The third-order valence-electron chi connectivity index (χ3n) is 6.41. The van der Waals surface area contributed by atoms with Crippen molar-refractivity contribution in [2.75, 3.05) is 26.2 Å². The molecule has 0 spiro atoms. The Hall–Kier alpha value is -2.04. The normalized spacial score (nSPS) is 19.8. The van der Waals surface area contributed by atoms with Gasteiger partial charge in [-0.15, -0.1) is 0 Å². The molecule has 1 heterocycles. The fourth-order valence-electron chi connectivity index (χ4n) is 4.77. The van der Waals surface area contributed by atoms with E-state index in [-0.39, 0.29) is 11.7 Å². The number of rotatable bonds is 4. The Balaban J connectivity index is 1.53. The monoisotopic (exact) mass is 412 g/mol. The maximum Gasteiger partial charge on any atom is 0.234 e. The van der Waals surface area contributed by atoms with Gasteiger partial charge in [0.2, 0.25) is 5.91 Å². The fourth-order valence-corrected chi connectivity index (χ4v) is 5.01. The number of aromatic hydroxyl groups is 1. The van der Waals surface area contributed by atoms with E-state index in [1.165, 1.54) is 32.1 Å². The maximum absolute atomic E-state index is 13.6. The molecule has 2 aromatic rings. The summed E-state index contributed by atoms with van der Waals surface area (Å²) in [6.45, 7) is 3.41. The van der Waals surface area contributed by atoms with E-state index in [0.717, 1.165) is 37.3 Å². The first-order chi connectivity index (χ1) is 14.1. The van der Waals surface area contributed by atoms with Crippen molar-refractivity contribution in [1.82, 2.24) is 9.80 Å². The van der Waals surface area contributed by atoms with E-state index in [1.54, 1.807) is 12.1 Å². The van der Waals surface area contributed by atoms with Gasteiger partial charge in [0, 0.05) is 37.2 Å². The van der Waals surface area contributed by atoms with Gasteiger partial charge in [0.1, 0.15) is 5.75 Å². The van der Waals surface area contributed by atoms with Gasteiger partial charge in [-0.05, 0) is 42.2 Å². The van der Waals surface area contributed by atoms with E-state index in [0.29, 0.717) is 11.1 Å². The lowest BCUT2D eigenvalue weighted by molar-refractivity contribution is -0.134. The molecule has 0 bridgehead atoms. The van der Waals surface area contributed by atoms with Gasteiger partial charge in [-0.25, -0.2) is 0 Å². The van der Waals surface area contributed by atoms with Gasteiger partial charge < -0.3 is 10.0 Å². The molecule has 1 unspecified atom stereocenters. The number of carbonyl (C=O) groups excluding carboxylic acids is 1. The number of benzene rings is 2. The van der Waals surface area contributed by atoms with Crippen LogP contribution in [0.5, 0.6) is 5.75 Å². The topological polar surface area (TPSA) is 43.8 Å². The summed E-state index contributed by atoms with van der Waals surface area (Å²) in [5.74, 6) is -0.169. The second kappa shape index (κ2) is 9.19. The molecule has 0 aromatic heterocycles. The van der Waals surface area contributed by atoms with E-state index < -0.39 is 5.92 Å². The Labute approximate surface area is 178 Å². The molecule has 1 atom stereocenters. The minimum absolute atomic E-state index is 0.0899. The van der Waals surface area contributed by atoms with Crippen molar-refractivity contribution in [2.45, 2.75) is 44.1 Å². The van der Waals surface area contributed by atoms with Crippen molar-refractivity contribution in [2.24, 2.45) is 0 Å². The molecule has 2 aliphatic rings. The Morgan fingerprint density at radius 3 is 2.24 bits per heavy atom. The van der Waals surface area contributed by atoms with Crippen LogP contribution in [0.2, 0.25) is 5.02 Å². The molecule has 1 aliphatic heterocycles. The highest BCUT2D eigenvalue weighted by atomic mass is 35.5. The van der Waals surface area contributed by atoms with Crippen LogP contribution in [0.3, 0.4) is 0 Å². The van der Waals surface area contributed by atoms with Gasteiger partial charge in [0.25, 0.3) is 0 Å². The lowest BCUT2D eigenvalue weighted by atomic mass is 9.89. The molecule has 4 rings (SSSR count). The van der Waals surface area contributed by atoms with Gasteiger partial charge >= 0.3 is 0 Å². The molecule has 4 nitrogen and oxygen atoms in total. The number of hydrogen-bond donors (Lipinski definition) is 1. The summed E-state index contributed by atoms with van der Waals surface area (Å²) in [5, 5.41) is 10.3. The van der Waals surface area contributed by atoms with Crippen LogP contribution >= 0.6 is 11.6 Å². The van der Waals surface area contributed by atoms with E-state index >= 15 is 0 Å². The van der Waals surface area contributed by atoms with E-state index in [1.807, 2.05) is 41.3 Å². The standard InChI is InChI=1S/C24H29ClN2O2/c25-22-9-5-4-8-21(22)23(18-10-12-20(28)13-11-18)24(29)27-16-14-26(15-17-27)19-6-2-1-3-7-19/h4-5,8-13,19,23,28H,1-3,6-7,14-17H2. The molecule has 1 N–H and O–H groups in total. The average molecular weight is 413 g/mol. The van der Waals surface area contributed by atoms with E-state index in [2.05, 4.69) is 4.90 Å². The summed E-state index contributed by atoms with van der Waals surface area (Å²) in [6.07, 6.45) is 6.62. The van der Waals surface area contributed by atoms with Crippen LogP contribution in [0, 0.1) is 0 Å².